The number of hydrogen-bond donors (Lipinski definition) is 1. The van der Waals surface area contributed by atoms with Crippen LogP contribution in [0.25, 0.3) is 0 Å². The summed E-state index contributed by atoms with van der Waals surface area (Å²) in [4.78, 5) is 14.4. The van der Waals surface area contributed by atoms with Crippen LogP contribution in [-0.2, 0) is 4.79 Å². The second kappa shape index (κ2) is 4.32. The van der Waals surface area contributed by atoms with Crippen molar-refractivity contribution < 1.29 is 9.18 Å². The summed E-state index contributed by atoms with van der Waals surface area (Å²) in [6.45, 7) is 1.68. The van der Waals surface area contributed by atoms with Crippen molar-refractivity contribution in [1.29, 1.82) is 0 Å². The normalized spacial score (nSPS) is 12.2. The fourth-order valence-corrected chi connectivity index (χ4v) is 0.836. The molecule has 0 fully saturated rings. The van der Waals surface area contributed by atoms with E-state index in [-0.39, 0.29) is 10.7 Å². The van der Waals surface area contributed by atoms with Gasteiger partial charge in [0.2, 0.25) is 5.91 Å². The summed E-state index contributed by atoms with van der Waals surface area (Å²) in [5.41, 5.74) is 0.358. The minimum Gasteiger partial charge on any atom is -0.324 e. The molecule has 1 unspecified atom stereocenters. The molecule has 0 spiro atoms. The van der Waals surface area contributed by atoms with Crippen molar-refractivity contribution >= 4 is 27.5 Å². The van der Waals surface area contributed by atoms with Crippen LogP contribution in [0.1, 0.15) is 6.92 Å². The fourth-order valence-electron chi connectivity index (χ4n) is 0.722. The molecule has 13 heavy (non-hydrogen) atoms. The lowest BCUT2D eigenvalue weighted by atomic mass is 10.4. The second-order valence-electron chi connectivity index (χ2n) is 2.50. The van der Waals surface area contributed by atoms with Crippen molar-refractivity contribution in [1.82, 2.24) is 4.98 Å². The van der Waals surface area contributed by atoms with E-state index >= 15 is 0 Å². The SMILES string of the molecule is CC(Br)C(=O)Nc1cncc(F)c1. The van der Waals surface area contributed by atoms with E-state index in [1.54, 1.807) is 6.92 Å². The molecule has 0 bridgehead atoms. The van der Waals surface area contributed by atoms with E-state index in [1.807, 2.05) is 0 Å². The van der Waals surface area contributed by atoms with Crippen molar-refractivity contribution in [2.24, 2.45) is 0 Å². The van der Waals surface area contributed by atoms with Crippen LogP contribution in [0.3, 0.4) is 0 Å². The van der Waals surface area contributed by atoms with Gasteiger partial charge in [0.15, 0.2) is 0 Å². The predicted molar refractivity (Wildman–Crippen MR) is 51.2 cm³/mol. The van der Waals surface area contributed by atoms with E-state index < -0.39 is 5.82 Å². The van der Waals surface area contributed by atoms with Crippen molar-refractivity contribution in [2.75, 3.05) is 5.32 Å². The highest BCUT2D eigenvalue weighted by Gasteiger charge is 2.08. The van der Waals surface area contributed by atoms with Crippen LogP contribution in [0.15, 0.2) is 18.5 Å². The first-order valence-electron chi connectivity index (χ1n) is 3.65. The van der Waals surface area contributed by atoms with E-state index in [9.17, 15) is 9.18 Å². The maximum absolute atomic E-state index is 12.6. The van der Waals surface area contributed by atoms with Gasteiger partial charge in [-0.3, -0.25) is 9.78 Å². The first kappa shape index (κ1) is 10.1. The zero-order valence-corrected chi connectivity index (χ0v) is 8.51. The highest BCUT2D eigenvalue weighted by molar-refractivity contribution is 9.10. The Morgan fingerprint density at radius 3 is 2.92 bits per heavy atom. The second-order valence-corrected chi connectivity index (χ2v) is 3.87. The van der Waals surface area contributed by atoms with E-state index in [1.165, 1.54) is 12.3 Å². The van der Waals surface area contributed by atoms with Crippen LogP contribution in [0.4, 0.5) is 10.1 Å². The zero-order chi connectivity index (χ0) is 9.84. The number of carbonyl (C=O) groups is 1. The summed E-state index contributed by atoms with van der Waals surface area (Å²) in [5, 5.41) is 2.49. The average molecular weight is 247 g/mol. The number of alkyl halides is 1. The van der Waals surface area contributed by atoms with Crippen LogP contribution >= 0.6 is 15.9 Å². The lowest BCUT2D eigenvalue weighted by Crippen LogP contribution is -2.19. The predicted octanol–water partition coefficient (Wildman–Crippen LogP) is 1.94. The highest BCUT2D eigenvalue weighted by Crippen LogP contribution is 2.08. The molecular formula is C8H8BrFN2O. The number of amides is 1. The Kier molecular flexibility index (Phi) is 3.36. The summed E-state index contributed by atoms with van der Waals surface area (Å²) in [7, 11) is 0. The molecule has 1 rings (SSSR count). The van der Waals surface area contributed by atoms with Gasteiger partial charge in [-0.2, -0.15) is 0 Å². The molecule has 0 radical (unpaired) electrons. The van der Waals surface area contributed by atoms with Crippen LogP contribution < -0.4 is 5.32 Å². The number of nitrogens with zero attached hydrogens (tertiary/aromatic N) is 1. The molecule has 1 aromatic heterocycles. The van der Waals surface area contributed by atoms with Gasteiger partial charge in [0.25, 0.3) is 0 Å². The molecule has 1 aromatic rings. The topological polar surface area (TPSA) is 42.0 Å². The monoisotopic (exact) mass is 246 g/mol. The third-order valence-electron chi connectivity index (χ3n) is 1.33. The molecule has 0 saturated heterocycles. The van der Waals surface area contributed by atoms with E-state index in [0.717, 1.165) is 6.20 Å². The number of anilines is 1. The van der Waals surface area contributed by atoms with Gasteiger partial charge in [0.1, 0.15) is 5.82 Å². The number of halogens is 2. The molecule has 1 atom stereocenters. The maximum atomic E-state index is 12.6. The minimum absolute atomic E-state index is 0.229. The lowest BCUT2D eigenvalue weighted by molar-refractivity contribution is -0.115. The molecule has 1 N–H and O–H groups in total. The smallest absolute Gasteiger partial charge is 0.237 e. The molecule has 0 aliphatic heterocycles. The quantitative estimate of drug-likeness (QED) is 0.811. The summed E-state index contributed by atoms with van der Waals surface area (Å²) in [6, 6.07) is 1.21. The Bertz CT molecular complexity index is 317. The standard InChI is InChI=1S/C8H8BrFN2O/c1-5(9)8(13)12-7-2-6(10)3-11-4-7/h2-5H,1H3,(H,12,13). The number of hydrogen-bond acceptors (Lipinski definition) is 2. The van der Waals surface area contributed by atoms with E-state index in [2.05, 4.69) is 26.2 Å². The van der Waals surface area contributed by atoms with Crippen molar-refractivity contribution in [3.8, 4) is 0 Å². The summed E-state index contributed by atoms with van der Waals surface area (Å²) in [6.07, 6.45) is 2.46. The van der Waals surface area contributed by atoms with E-state index in [4.69, 9.17) is 0 Å². The van der Waals surface area contributed by atoms with E-state index in [0.29, 0.717) is 5.69 Å². The molecule has 0 saturated carbocycles. The van der Waals surface area contributed by atoms with Gasteiger partial charge in [-0.15, -0.1) is 0 Å². The molecule has 0 aliphatic rings. The first-order valence-corrected chi connectivity index (χ1v) is 4.56. The molecule has 1 amide bonds. The number of rotatable bonds is 2. The van der Waals surface area contributed by atoms with Crippen LogP contribution in [-0.4, -0.2) is 15.7 Å². The van der Waals surface area contributed by atoms with Crippen molar-refractivity contribution in [3.05, 3.63) is 24.3 Å². The zero-order valence-electron chi connectivity index (χ0n) is 6.92. The summed E-state index contributed by atoms with van der Waals surface area (Å²) >= 11 is 3.09. The Morgan fingerprint density at radius 1 is 1.69 bits per heavy atom. The minimum atomic E-state index is -0.472. The molecule has 0 aliphatic carbocycles. The highest BCUT2D eigenvalue weighted by atomic mass is 79.9. The van der Waals surface area contributed by atoms with Crippen LogP contribution in [0, 0.1) is 5.82 Å². The van der Waals surface area contributed by atoms with Gasteiger partial charge < -0.3 is 5.32 Å². The molecular weight excluding hydrogens is 239 g/mol. The number of nitrogens with one attached hydrogen (secondary N) is 1. The Balaban J connectivity index is 2.69. The molecule has 5 heteroatoms. The Morgan fingerprint density at radius 2 is 2.38 bits per heavy atom. The van der Waals surface area contributed by atoms with Gasteiger partial charge in [0, 0.05) is 6.07 Å². The van der Waals surface area contributed by atoms with Gasteiger partial charge in [-0.05, 0) is 6.92 Å². The van der Waals surface area contributed by atoms with Gasteiger partial charge in [0.05, 0.1) is 22.9 Å². The first-order chi connectivity index (χ1) is 6.09. The molecule has 0 aromatic carbocycles. The lowest BCUT2D eigenvalue weighted by Gasteiger charge is -2.05. The van der Waals surface area contributed by atoms with Crippen molar-refractivity contribution in [2.45, 2.75) is 11.8 Å². The number of carbonyl (C=O) groups excluding carboxylic acids is 1. The fraction of sp³-hybridized carbons (Fsp3) is 0.250. The Labute approximate surface area is 83.5 Å². The third kappa shape index (κ3) is 3.10. The molecule has 3 nitrogen and oxygen atoms in total. The Hall–Kier alpha value is -0.970. The van der Waals surface area contributed by atoms with Gasteiger partial charge >= 0.3 is 0 Å². The van der Waals surface area contributed by atoms with Gasteiger partial charge in [-0.25, -0.2) is 4.39 Å². The summed E-state index contributed by atoms with van der Waals surface area (Å²) in [5.74, 6) is -0.701. The number of aromatic nitrogens is 1. The summed E-state index contributed by atoms with van der Waals surface area (Å²) < 4.78 is 12.6. The average Bonchev–Trinajstić information content (AvgIpc) is 2.04. The maximum Gasteiger partial charge on any atom is 0.237 e. The molecule has 1 heterocycles. The van der Waals surface area contributed by atoms with Crippen LogP contribution in [0.5, 0.6) is 0 Å². The van der Waals surface area contributed by atoms with Crippen molar-refractivity contribution in [3.63, 3.8) is 0 Å². The number of pyridine rings is 1. The van der Waals surface area contributed by atoms with Crippen LogP contribution in [0.2, 0.25) is 0 Å². The van der Waals surface area contributed by atoms with Gasteiger partial charge in [-0.1, -0.05) is 15.9 Å². The largest absolute Gasteiger partial charge is 0.324 e. The third-order valence-corrected chi connectivity index (χ3v) is 1.75. The molecule has 70 valence electrons.